The number of nitrogens with zero attached hydrogens (tertiary/aromatic N) is 1. The van der Waals surface area contributed by atoms with Gasteiger partial charge in [0, 0.05) is 13.7 Å². The normalized spacial score (nSPS) is 32.7. The molecule has 0 aliphatic carbocycles. The molecule has 2 atom stereocenters. The van der Waals surface area contributed by atoms with Crippen LogP contribution in [0.15, 0.2) is 0 Å². The Bertz CT molecular complexity index is 117. The highest BCUT2D eigenvalue weighted by atomic mass is 16.5. The molecule has 3 nitrogen and oxygen atoms in total. The smallest absolute Gasteiger partial charge is 0.0770 e. The molecule has 0 amide bonds. The highest BCUT2D eigenvalue weighted by Crippen LogP contribution is 2.14. The first-order valence-corrected chi connectivity index (χ1v) is 4.02. The summed E-state index contributed by atoms with van der Waals surface area (Å²) in [6.07, 6.45) is 1.36. The minimum absolute atomic E-state index is 0.346. The summed E-state index contributed by atoms with van der Waals surface area (Å²) < 4.78 is 10.7. The summed E-state index contributed by atoms with van der Waals surface area (Å²) in [7, 11) is 5.89. The van der Waals surface area contributed by atoms with Gasteiger partial charge in [-0.1, -0.05) is 0 Å². The van der Waals surface area contributed by atoms with Gasteiger partial charge < -0.3 is 14.4 Å². The summed E-state index contributed by atoms with van der Waals surface area (Å²) in [6, 6.07) is 0.425. The Morgan fingerprint density at radius 3 is 2.64 bits per heavy atom. The molecule has 0 saturated carbocycles. The highest BCUT2D eigenvalue weighted by molar-refractivity contribution is 4.79. The Kier molecular flexibility index (Phi) is 3.30. The van der Waals surface area contributed by atoms with Crippen molar-refractivity contribution in [3.05, 3.63) is 0 Å². The van der Waals surface area contributed by atoms with E-state index in [1.807, 2.05) is 0 Å². The van der Waals surface area contributed by atoms with Crippen molar-refractivity contribution in [1.29, 1.82) is 0 Å². The van der Waals surface area contributed by atoms with Crippen molar-refractivity contribution in [2.45, 2.75) is 18.6 Å². The molecule has 1 aliphatic heterocycles. The summed E-state index contributed by atoms with van der Waals surface area (Å²) in [6.45, 7) is 1.63. The van der Waals surface area contributed by atoms with E-state index in [0.29, 0.717) is 12.1 Å². The Morgan fingerprint density at radius 1 is 1.45 bits per heavy atom. The molecule has 0 spiro atoms. The van der Waals surface area contributed by atoms with E-state index in [1.165, 1.54) is 0 Å². The molecule has 1 rings (SSSR count). The lowest BCUT2D eigenvalue weighted by molar-refractivity contribution is -0.0659. The number of likely N-dealkylation sites (N-methyl/N-ethyl adjacent to an activating group) is 1. The van der Waals surface area contributed by atoms with Crippen molar-refractivity contribution in [3.63, 3.8) is 0 Å². The predicted octanol–water partition coefficient (Wildman–Crippen LogP) is 0.352. The Labute approximate surface area is 68.3 Å². The van der Waals surface area contributed by atoms with Gasteiger partial charge in [-0.05, 0) is 20.5 Å². The summed E-state index contributed by atoms with van der Waals surface area (Å²) in [5.41, 5.74) is 0. The van der Waals surface area contributed by atoms with Gasteiger partial charge in [-0.15, -0.1) is 0 Å². The molecule has 0 aromatic carbocycles. The fraction of sp³-hybridized carbons (Fsp3) is 1.00. The fourth-order valence-electron chi connectivity index (χ4n) is 1.46. The Balaban J connectivity index is 2.44. The zero-order valence-electron chi connectivity index (χ0n) is 7.54. The lowest BCUT2D eigenvalue weighted by Crippen LogP contribution is -2.47. The van der Waals surface area contributed by atoms with Gasteiger partial charge >= 0.3 is 0 Å². The second-order valence-electron chi connectivity index (χ2n) is 3.17. The van der Waals surface area contributed by atoms with E-state index in [1.54, 1.807) is 7.11 Å². The number of ether oxygens (including phenoxy) is 2. The fourth-order valence-corrected chi connectivity index (χ4v) is 1.46. The van der Waals surface area contributed by atoms with Crippen LogP contribution in [0, 0.1) is 0 Å². The SMILES string of the molecule is COC1CCOCC1N(C)C. The standard InChI is InChI=1S/C8H17NO2/c1-9(2)7-6-11-5-4-8(7)10-3/h7-8H,4-6H2,1-3H3. The summed E-state index contributed by atoms with van der Waals surface area (Å²) in [5, 5.41) is 0. The lowest BCUT2D eigenvalue weighted by Gasteiger charge is -2.34. The van der Waals surface area contributed by atoms with Crippen LogP contribution in [0.25, 0.3) is 0 Å². The lowest BCUT2D eigenvalue weighted by atomic mass is 10.1. The first-order valence-electron chi connectivity index (χ1n) is 4.02. The third kappa shape index (κ3) is 2.15. The minimum atomic E-state index is 0.346. The molecule has 0 aromatic heterocycles. The largest absolute Gasteiger partial charge is 0.380 e. The second kappa shape index (κ2) is 4.04. The van der Waals surface area contributed by atoms with E-state index in [2.05, 4.69) is 19.0 Å². The maximum absolute atomic E-state index is 5.35. The summed E-state index contributed by atoms with van der Waals surface area (Å²) in [4.78, 5) is 2.16. The van der Waals surface area contributed by atoms with Gasteiger partial charge in [0.1, 0.15) is 0 Å². The van der Waals surface area contributed by atoms with Crippen LogP contribution in [0.2, 0.25) is 0 Å². The van der Waals surface area contributed by atoms with E-state index in [-0.39, 0.29) is 0 Å². The monoisotopic (exact) mass is 159 g/mol. The van der Waals surface area contributed by atoms with E-state index < -0.39 is 0 Å². The quantitative estimate of drug-likeness (QED) is 0.580. The molecular weight excluding hydrogens is 142 g/mol. The molecule has 1 saturated heterocycles. The van der Waals surface area contributed by atoms with Crippen molar-refractivity contribution in [2.75, 3.05) is 34.4 Å². The zero-order chi connectivity index (χ0) is 8.27. The molecule has 0 N–H and O–H groups in total. The highest BCUT2D eigenvalue weighted by Gasteiger charge is 2.26. The molecular formula is C8H17NO2. The molecule has 0 bridgehead atoms. The number of hydrogen-bond acceptors (Lipinski definition) is 3. The minimum Gasteiger partial charge on any atom is -0.380 e. The van der Waals surface area contributed by atoms with Gasteiger partial charge in [-0.3, -0.25) is 0 Å². The third-order valence-corrected chi connectivity index (χ3v) is 2.23. The molecule has 11 heavy (non-hydrogen) atoms. The van der Waals surface area contributed by atoms with Crippen LogP contribution in [-0.4, -0.2) is 51.5 Å². The first-order chi connectivity index (χ1) is 5.25. The van der Waals surface area contributed by atoms with Crippen LogP contribution >= 0.6 is 0 Å². The maximum Gasteiger partial charge on any atom is 0.0770 e. The Hall–Kier alpha value is -0.120. The summed E-state index contributed by atoms with van der Waals surface area (Å²) in [5.74, 6) is 0. The Morgan fingerprint density at radius 2 is 2.18 bits per heavy atom. The predicted molar refractivity (Wildman–Crippen MR) is 43.7 cm³/mol. The maximum atomic E-state index is 5.35. The van der Waals surface area contributed by atoms with Crippen LogP contribution in [-0.2, 0) is 9.47 Å². The second-order valence-corrected chi connectivity index (χ2v) is 3.17. The van der Waals surface area contributed by atoms with Gasteiger partial charge in [-0.2, -0.15) is 0 Å². The number of methoxy groups -OCH3 is 1. The average Bonchev–Trinajstić information content (AvgIpc) is 2.04. The van der Waals surface area contributed by atoms with E-state index >= 15 is 0 Å². The average molecular weight is 159 g/mol. The van der Waals surface area contributed by atoms with Crippen LogP contribution in [0.5, 0.6) is 0 Å². The van der Waals surface area contributed by atoms with Gasteiger partial charge in [0.2, 0.25) is 0 Å². The molecule has 1 heterocycles. The van der Waals surface area contributed by atoms with Gasteiger partial charge in [0.05, 0.1) is 18.8 Å². The van der Waals surface area contributed by atoms with Crippen LogP contribution in [0.3, 0.4) is 0 Å². The van der Waals surface area contributed by atoms with Crippen LogP contribution < -0.4 is 0 Å². The number of hydrogen-bond donors (Lipinski definition) is 0. The van der Waals surface area contributed by atoms with E-state index in [0.717, 1.165) is 19.6 Å². The first kappa shape index (κ1) is 8.97. The van der Waals surface area contributed by atoms with Gasteiger partial charge in [-0.25, -0.2) is 0 Å². The number of rotatable bonds is 2. The molecule has 0 radical (unpaired) electrons. The van der Waals surface area contributed by atoms with Crippen LogP contribution in [0.1, 0.15) is 6.42 Å². The molecule has 0 aromatic rings. The molecule has 3 heteroatoms. The van der Waals surface area contributed by atoms with Crippen molar-refractivity contribution in [1.82, 2.24) is 4.90 Å². The topological polar surface area (TPSA) is 21.7 Å². The molecule has 1 aliphatic rings. The van der Waals surface area contributed by atoms with Crippen molar-refractivity contribution < 1.29 is 9.47 Å². The van der Waals surface area contributed by atoms with Gasteiger partial charge in [0.25, 0.3) is 0 Å². The molecule has 66 valence electrons. The summed E-state index contributed by atoms with van der Waals surface area (Å²) >= 11 is 0. The van der Waals surface area contributed by atoms with E-state index in [9.17, 15) is 0 Å². The third-order valence-electron chi connectivity index (χ3n) is 2.23. The molecule has 2 unspecified atom stereocenters. The zero-order valence-corrected chi connectivity index (χ0v) is 7.54. The van der Waals surface area contributed by atoms with Crippen molar-refractivity contribution in [3.8, 4) is 0 Å². The van der Waals surface area contributed by atoms with E-state index in [4.69, 9.17) is 9.47 Å². The van der Waals surface area contributed by atoms with Gasteiger partial charge in [0.15, 0.2) is 0 Å². The molecule has 1 fully saturated rings. The van der Waals surface area contributed by atoms with Crippen LogP contribution in [0.4, 0.5) is 0 Å². The van der Waals surface area contributed by atoms with Crippen molar-refractivity contribution in [2.24, 2.45) is 0 Å². The van der Waals surface area contributed by atoms with Crippen molar-refractivity contribution >= 4 is 0 Å².